The van der Waals surface area contributed by atoms with E-state index in [0.29, 0.717) is 11.6 Å². The standard InChI is InChI=1S/C14H12ClN3/c15-11-6-2-1-5-10(11)14-17-12(9-16)13-7-3-4-8-18(13)14/h1-8H,9,16H2. The molecule has 0 amide bonds. The average molecular weight is 258 g/mol. The molecular weight excluding hydrogens is 246 g/mol. The number of hydrogen-bond acceptors (Lipinski definition) is 2. The van der Waals surface area contributed by atoms with Gasteiger partial charge >= 0.3 is 0 Å². The molecule has 1 aromatic carbocycles. The lowest BCUT2D eigenvalue weighted by Gasteiger charge is -2.02. The van der Waals surface area contributed by atoms with Gasteiger partial charge in [-0.05, 0) is 24.3 Å². The molecule has 2 aromatic heterocycles. The van der Waals surface area contributed by atoms with E-state index >= 15 is 0 Å². The summed E-state index contributed by atoms with van der Waals surface area (Å²) in [4.78, 5) is 4.59. The van der Waals surface area contributed by atoms with Crippen molar-refractivity contribution in [1.82, 2.24) is 9.38 Å². The number of pyridine rings is 1. The maximum atomic E-state index is 6.23. The molecule has 0 saturated carbocycles. The lowest BCUT2D eigenvalue weighted by atomic mass is 10.2. The van der Waals surface area contributed by atoms with Crippen LogP contribution in [-0.4, -0.2) is 9.38 Å². The molecule has 4 heteroatoms. The first-order chi connectivity index (χ1) is 8.81. The summed E-state index contributed by atoms with van der Waals surface area (Å²) in [5.41, 5.74) is 8.56. The topological polar surface area (TPSA) is 43.3 Å². The number of benzene rings is 1. The second-order valence-electron chi connectivity index (χ2n) is 4.02. The first-order valence-electron chi connectivity index (χ1n) is 5.72. The summed E-state index contributed by atoms with van der Waals surface area (Å²) in [6.45, 7) is 0.415. The summed E-state index contributed by atoms with van der Waals surface area (Å²) < 4.78 is 2.02. The first kappa shape index (κ1) is 11.3. The highest BCUT2D eigenvalue weighted by molar-refractivity contribution is 6.33. The van der Waals surface area contributed by atoms with Crippen molar-refractivity contribution in [2.24, 2.45) is 5.73 Å². The minimum atomic E-state index is 0.415. The lowest BCUT2D eigenvalue weighted by Crippen LogP contribution is -1.96. The van der Waals surface area contributed by atoms with Gasteiger partial charge in [0.25, 0.3) is 0 Å². The fourth-order valence-corrected chi connectivity index (χ4v) is 2.30. The fraction of sp³-hybridized carbons (Fsp3) is 0.0714. The van der Waals surface area contributed by atoms with Crippen LogP contribution in [0, 0.1) is 0 Å². The van der Waals surface area contributed by atoms with E-state index < -0.39 is 0 Å². The van der Waals surface area contributed by atoms with Gasteiger partial charge in [-0.15, -0.1) is 0 Å². The highest BCUT2D eigenvalue weighted by atomic mass is 35.5. The van der Waals surface area contributed by atoms with Gasteiger partial charge < -0.3 is 5.73 Å². The van der Waals surface area contributed by atoms with Crippen molar-refractivity contribution in [3.8, 4) is 11.4 Å². The predicted octanol–water partition coefficient (Wildman–Crippen LogP) is 3.11. The van der Waals surface area contributed by atoms with Gasteiger partial charge in [-0.1, -0.05) is 29.8 Å². The quantitative estimate of drug-likeness (QED) is 0.767. The molecule has 90 valence electrons. The normalized spacial score (nSPS) is 11.0. The molecule has 0 aliphatic heterocycles. The molecule has 0 fully saturated rings. The van der Waals surface area contributed by atoms with Crippen LogP contribution in [0.1, 0.15) is 5.69 Å². The number of imidazole rings is 1. The molecule has 0 spiro atoms. The second kappa shape index (κ2) is 4.44. The summed E-state index contributed by atoms with van der Waals surface area (Å²) in [5.74, 6) is 0.830. The van der Waals surface area contributed by atoms with Crippen LogP contribution in [0.2, 0.25) is 5.02 Å². The van der Waals surface area contributed by atoms with Gasteiger partial charge in [0.05, 0.1) is 16.2 Å². The van der Waals surface area contributed by atoms with Gasteiger partial charge in [0, 0.05) is 18.3 Å². The maximum Gasteiger partial charge on any atom is 0.146 e. The fourth-order valence-electron chi connectivity index (χ4n) is 2.08. The zero-order valence-corrected chi connectivity index (χ0v) is 10.4. The molecule has 0 saturated heterocycles. The number of nitrogens with two attached hydrogens (primary N) is 1. The molecule has 2 N–H and O–H groups in total. The van der Waals surface area contributed by atoms with E-state index in [2.05, 4.69) is 4.98 Å². The number of rotatable bonds is 2. The van der Waals surface area contributed by atoms with Gasteiger partial charge in [-0.25, -0.2) is 4.98 Å². The maximum absolute atomic E-state index is 6.23. The van der Waals surface area contributed by atoms with Crippen molar-refractivity contribution in [2.75, 3.05) is 0 Å². The Morgan fingerprint density at radius 1 is 1.11 bits per heavy atom. The predicted molar refractivity (Wildman–Crippen MR) is 73.5 cm³/mol. The number of hydrogen-bond donors (Lipinski definition) is 1. The number of nitrogens with zero attached hydrogens (tertiary/aromatic N) is 2. The van der Waals surface area contributed by atoms with E-state index in [1.807, 2.05) is 53.1 Å². The number of aromatic nitrogens is 2. The van der Waals surface area contributed by atoms with E-state index in [0.717, 1.165) is 22.6 Å². The van der Waals surface area contributed by atoms with E-state index in [1.165, 1.54) is 0 Å². The van der Waals surface area contributed by atoms with Crippen LogP contribution in [0.25, 0.3) is 16.9 Å². The molecule has 0 radical (unpaired) electrons. The van der Waals surface area contributed by atoms with Crippen molar-refractivity contribution >= 4 is 17.1 Å². The Balaban J connectivity index is 2.33. The van der Waals surface area contributed by atoms with Gasteiger partial charge in [0.1, 0.15) is 5.82 Å². The van der Waals surface area contributed by atoms with Crippen LogP contribution in [0.3, 0.4) is 0 Å². The van der Waals surface area contributed by atoms with Crippen molar-refractivity contribution in [3.05, 3.63) is 59.4 Å². The van der Waals surface area contributed by atoms with Crippen LogP contribution in [-0.2, 0) is 6.54 Å². The van der Waals surface area contributed by atoms with Crippen molar-refractivity contribution in [3.63, 3.8) is 0 Å². The Hall–Kier alpha value is -1.84. The van der Waals surface area contributed by atoms with Gasteiger partial charge in [0.15, 0.2) is 0 Å². The summed E-state index contributed by atoms with van der Waals surface area (Å²) in [6, 6.07) is 13.6. The molecule has 2 heterocycles. The van der Waals surface area contributed by atoms with Gasteiger partial charge in [0.2, 0.25) is 0 Å². The van der Waals surface area contributed by atoms with Crippen molar-refractivity contribution in [2.45, 2.75) is 6.54 Å². The third kappa shape index (κ3) is 1.68. The summed E-state index contributed by atoms with van der Waals surface area (Å²) >= 11 is 6.23. The Morgan fingerprint density at radius 3 is 2.67 bits per heavy atom. The van der Waals surface area contributed by atoms with Gasteiger partial charge in [-0.2, -0.15) is 0 Å². The molecule has 0 aliphatic carbocycles. The molecule has 3 nitrogen and oxygen atoms in total. The lowest BCUT2D eigenvalue weighted by molar-refractivity contribution is 1.02. The van der Waals surface area contributed by atoms with Gasteiger partial charge in [-0.3, -0.25) is 4.40 Å². The molecule has 0 bridgehead atoms. The van der Waals surface area contributed by atoms with Crippen LogP contribution < -0.4 is 5.73 Å². The highest BCUT2D eigenvalue weighted by Crippen LogP contribution is 2.28. The molecule has 18 heavy (non-hydrogen) atoms. The zero-order valence-electron chi connectivity index (χ0n) is 9.68. The monoisotopic (exact) mass is 257 g/mol. The second-order valence-corrected chi connectivity index (χ2v) is 4.43. The Bertz CT molecular complexity index is 703. The minimum absolute atomic E-state index is 0.415. The molecule has 0 atom stereocenters. The summed E-state index contributed by atoms with van der Waals surface area (Å²) in [7, 11) is 0. The van der Waals surface area contributed by atoms with Crippen LogP contribution in [0.4, 0.5) is 0 Å². The first-order valence-corrected chi connectivity index (χ1v) is 6.10. The molecule has 0 unspecified atom stereocenters. The van der Waals surface area contributed by atoms with E-state index in [9.17, 15) is 0 Å². The zero-order chi connectivity index (χ0) is 12.5. The van der Waals surface area contributed by atoms with E-state index in [-0.39, 0.29) is 0 Å². The Morgan fingerprint density at radius 2 is 1.89 bits per heavy atom. The van der Waals surface area contributed by atoms with Crippen LogP contribution >= 0.6 is 11.6 Å². The van der Waals surface area contributed by atoms with E-state index in [4.69, 9.17) is 17.3 Å². The van der Waals surface area contributed by atoms with Crippen LogP contribution in [0.5, 0.6) is 0 Å². The Labute approximate surface area is 110 Å². The van der Waals surface area contributed by atoms with Crippen LogP contribution in [0.15, 0.2) is 48.7 Å². The van der Waals surface area contributed by atoms with Crippen molar-refractivity contribution in [1.29, 1.82) is 0 Å². The third-order valence-corrected chi connectivity index (χ3v) is 3.26. The molecule has 3 aromatic rings. The largest absolute Gasteiger partial charge is 0.325 e. The SMILES string of the molecule is NCc1nc(-c2ccccc2Cl)n2ccccc12. The van der Waals surface area contributed by atoms with E-state index in [1.54, 1.807) is 0 Å². The third-order valence-electron chi connectivity index (χ3n) is 2.93. The minimum Gasteiger partial charge on any atom is -0.325 e. The highest BCUT2D eigenvalue weighted by Gasteiger charge is 2.12. The Kier molecular flexibility index (Phi) is 2.78. The smallest absolute Gasteiger partial charge is 0.146 e. The van der Waals surface area contributed by atoms with Crippen molar-refractivity contribution < 1.29 is 0 Å². The number of halogens is 1. The number of fused-ring (bicyclic) bond motifs is 1. The molecule has 0 aliphatic rings. The summed E-state index contributed by atoms with van der Waals surface area (Å²) in [6.07, 6.45) is 1.97. The summed E-state index contributed by atoms with van der Waals surface area (Å²) in [5, 5.41) is 0.692. The average Bonchev–Trinajstić information content (AvgIpc) is 2.78. The molecule has 3 rings (SSSR count). The molecular formula is C14H12ClN3.